The zero-order chi connectivity index (χ0) is 15.0. The number of carbonyl (C=O) groups excluding carboxylic acids is 2. The Balaban J connectivity index is 2.13. The molecule has 2 aliphatic heterocycles. The van der Waals surface area contributed by atoms with Crippen LogP contribution in [0.4, 0.5) is 0 Å². The summed E-state index contributed by atoms with van der Waals surface area (Å²) in [7, 11) is 0. The second-order valence-electron chi connectivity index (χ2n) is 4.59. The number of carboxylic acid groups (broad SMARTS) is 1. The number of nitrogens with two attached hydrogens (primary N) is 1. The number of nitrogens with one attached hydrogen (secondary N) is 1. The molecule has 0 aromatic heterocycles. The Bertz CT molecular complexity index is 504. The number of amides is 2. The highest BCUT2D eigenvalue weighted by Gasteiger charge is 2.55. The Morgan fingerprint density at radius 2 is 2.20 bits per heavy atom. The van der Waals surface area contributed by atoms with E-state index in [1.54, 1.807) is 0 Å². The number of aliphatic carboxylic acids is 1. The molecule has 8 nitrogen and oxygen atoms in total. The van der Waals surface area contributed by atoms with E-state index in [1.165, 1.54) is 18.7 Å². The highest BCUT2D eigenvalue weighted by Crippen LogP contribution is 2.48. The van der Waals surface area contributed by atoms with Gasteiger partial charge in [0, 0.05) is 4.91 Å². The number of thioether (sulfide) groups is 1. The van der Waals surface area contributed by atoms with Crippen LogP contribution in [-0.2, 0) is 14.4 Å². The molecule has 2 rings (SSSR count). The molecular formula is C11H15N3O5S. The normalized spacial score (nSPS) is 26.1. The van der Waals surface area contributed by atoms with Crippen LogP contribution in [0.1, 0.15) is 6.92 Å². The maximum Gasteiger partial charge on any atom is 0.353 e. The summed E-state index contributed by atoms with van der Waals surface area (Å²) in [6.45, 7) is 1.20. The third-order valence-corrected chi connectivity index (χ3v) is 4.56. The van der Waals surface area contributed by atoms with Gasteiger partial charge in [0.25, 0.3) is 0 Å². The van der Waals surface area contributed by atoms with Crippen molar-refractivity contribution >= 4 is 29.5 Å². The fourth-order valence-corrected chi connectivity index (χ4v) is 3.50. The van der Waals surface area contributed by atoms with Gasteiger partial charge in [0.05, 0.1) is 25.1 Å². The summed E-state index contributed by atoms with van der Waals surface area (Å²) in [6.07, 6.45) is 0. The maximum absolute atomic E-state index is 11.7. The molecule has 2 amide bonds. The van der Waals surface area contributed by atoms with Gasteiger partial charge in [-0.3, -0.25) is 14.5 Å². The van der Waals surface area contributed by atoms with E-state index in [2.05, 4.69) is 5.32 Å². The molecule has 0 aromatic rings. The van der Waals surface area contributed by atoms with Crippen molar-refractivity contribution in [1.29, 1.82) is 0 Å². The van der Waals surface area contributed by atoms with E-state index in [0.717, 1.165) is 4.90 Å². The van der Waals surface area contributed by atoms with E-state index in [9.17, 15) is 19.5 Å². The number of hydrogen-bond donors (Lipinski definition) is 4. The Morgan fingerprint density at radius 1 is 1.55 bits per heavy atom. The highest BCUT2D eigenvalue weighted by atomic mass is 32.2. The van der Waals surface area contributed by atoms with E-state index in [4.69, 9.17) is 10.8 Å². The lowest BCUT2D eigenvalue weighted by molar-refractivity contribution is -0.153. The minimum Gasteiger partial charge on any atom is -0.477 e. The molecule has 5 N–H and O–H groups in total. The molecule has 1 saturated heterocycles. The highest BCUT2D eigenvalue weighted by molar-refractivity contribution is 8.04. The number of fused-ring (bicyclic) bond motifs is 1. The summed E-state index contributed by atoms with van der Waals surface area (Å²) in [5, 5.41) is 20.4. The van der Waals surface area contributed by atoms with Gasteiger partial charge in [-0.2, -0.15) is 0 Å². The Hall–Kier alpha value is -1.58. The first-order chi connectivity index (χ1) is 9.38. The topological polar surface area (TPSA) is 133 Å². The van der Waals surface area contributed by atoms with E-state index in [-0.39, 0.29) is 18.8 Å². The van der Waals surface area contributed by atoms with Gasteiger partial charge in [-0.15, -0.1) is 0 Å². The smallest absolute Gasteiger partial charge is 0.353 e. The molecule has 20 heavy (non-hydrogen) atoms. The molecule has 0 aromatic carbocycles. The van der Waals surface area contributed by atoms with E-state index < -0.39 is 35.1 Å². The van der Waals surface area contributed by atoms with Crippen molar-refractivity contribution in [3.05, 3.63) is 10.6 Å². The fraction of sp³-hybridized carbons (Fsp3) is 0.545. The molecular weight excluding hydrogens is 286 g/mol. The zero-order valence-electron chi connectivity index (χ0n) is 10.7. The fourth-order valence-electron chi connectivity index (χ4n) is 2.08. The van der Waals surface area contributed by atoms with Gasteiger partial charge in [-0.05, 0) is 6.92 Å². The summed E-state index contributed by atoms with van der Waals surface area (Å²) in [5.41, 5.74) is 5.27. The van der Waals surface area contributed by atoms with Crippen LogP contribution < -0.4 is 11.1 Å². The minimum absolute atomic E-state index is 0.00506. The van der Waals surface area contributed by atoms with Gasteiger partial charge in [0.1, 0.15) is 11.1 Å². The largest absolute Gasteiger partial charge is 0.477 e. The second kappa shape index (κ2) is 5.43. The summed E-state index contributed by atoms with van der Waals surface area (Å²) in [5.74, 6) is -2.62. The Labute approximate surface area is 119 Å². The molecule has 9 heteroatoms. The third-order valence-electron chi connectivity index (χ3n) is 3.16. The maximum atomic E-state index is 11.7. The average molecular weight is 301 g/mol. The van der Waals surface area contributed by atoms with Crippen LogP contribution in [0, 0.1) is 5.92 Å². The van der Waals surface area contributed by atoms with Crippen LogP contribution in [-0.4, -0.2) is 57.5 Å². The summed E-state index contributed by atoms with van der Waals surface area (Å²) < 4.78 is 0. The van der Waals surface area contributed by atoms with Gasteiger partial charge in [-0.1, -0.05) is 11.8 Å². The monoisotopic (exact) mass is 301 g/mol. The van der Waals surface area contributed by atoms with Crippen LogP contribution in [0.25, 0.3) is 0 Å². The molecule has 3 atom stereocenters. The third kappa shape index (κ3) is 2.28. The summed E-state index contributed by atoms with van der Waals surface area (Å²) >= 11 is 1.18. The van der Waals surface area contributed by atoms with Crippen LogP contribution in [0.5, 0.6) is 0 Å². The van der Waals surface area contributed by atoms with Crippen molar-refractivity contribution < 1.29 is 24.6 Å². The predicted octanol–water partition coefficient (Wildman–Crippen LogP) is -1.73. The summed E-state index contributed by atoms with van der Waals surface area (Å²) in [4.78, 5) is 35.9. The van der Waals surface area contributed by atoms with Crippen molar-refractivity contribution in [2.45, 2.75) is 18.3 Å². The summed E-state index contributed by atoms with van der Waals surface area (Å²) in [6, 6.07) is -0.695. The molecule has 110 valence electrons. The Morgan fingerprint density at radius 3 is 2.70 bits per heavy atom. The van der Waals surface area contributed by atoms with Crippen LogP contribution >= 0.6 is 11.8 Å². The van der Waals surface area contributed by atoms with Crippen molar-refractivity contribution in [2.75, 3.05) is 13.2 Å². The van der Waals surface area contributed by atoms with Gasteiger partial charge >= 0.3 is 5.97 Å². The molecule has 0 saturated carbocycles. The molecule has 0 spiro atoms. The molecule has 0 unspecified atom stereocenters. The first-order valence-electron chi connectivity index (χ1n) is 5.98. The molecule has 0 radical (unpaired) electrons. The van der Waals surface area contributed by atoms with Crippen LogP contribution in [0.3, 0.4) is 0 Å². The quantitative estimate of drug-likeness (QED) is 0.443. The zero-order valence-corrected chi connectivity index (χ0v) is 11.5. The van der Waals surface area contributed by atoms with E-state index >= 15 is 0 Å². The van der Waals surface area contributed by atoms with Gasteiger partial charge < -0.3 is 21.3 Å². The van der Waals surface area contributed by atoms with E-state index in [1.807, 2.05) is 0 Å². The lowest BCUT2D eigenvalue weighted by atomic mass is 9.98. The average Bonchev–Trinajstić information content (AvgIpc) is 2.71. The number of carbonyl (C=O) groups is 3. The van der Waals surface area contributed by atoms with Crippen molar-refractivity contribution in [3.63, 3.8) is 0 Å². The molecule has 2 heterocycles. The Kier molecular flexibility index (Phi) is 4.02. The lowest BCUT2D eigenvalue weighted by Crippen LogP contribution is -2.58. The SMILES string of the molecule is C[C@H](N)C(=O)NCC1=C(C(=O)O)N2C(=O)[C@H](CO)[C@H]2S1. The number of hydrogen-bond acceptors (Lipinski definition) is 6. The van der Waals surface area contributed by atoms with Crippen LogP contribution in [0.2, 0.25) is 0 Å². The molecule has 1 fully saturated rings. The molecule has 0 aliphatic carbocycles. The predicted molar refractivity (Wildman–Crippen MR) is 70.1 cm³/mol. The second-order valence-corrected chi connectivity index (χ2v) is 5.80. The van der Waals surface area contributed by atoms with Gasteiger partial charge in [0.15, 0.2) is 0 Å². The van der Waals surface area contributed by atoms with Crippen molar-refractivity contribution in [3.8, 4) is 0 Å². The first kappa shape index (κ1) is 14.8. The first-order valence-corrected chi connectivity index (χ1v) is 6.86. The number of aliphatic hydroxyl groups excluding tert-OH is 1. The van der Waals surface area contributed by atoms with E-state index in [0.29, 0.717) is 4.91 Å². The van der Waals surface area contributed by atoms with Crippen molar-refractivity contribution in [2.24, 2.45) is 11.7 Å². The minimum atomic E-state index is -1.23. The van der Waals surface area contributed by atoms with Gasteiger partial charge in [-0.25, -0.2) is 4.79 Å². The molecule has 0 bridgehead atoms. The number of rotatable bonds is 5. The number of nitrogens with zero attached hydrogens (tertiary/aromatic N) is 1. The number of carboxylic acids is 1. The molecule has 2 aliphatic rings. The standard InChI is InChI=1S/C11H15N3O5S/c1-4(12)8(16)13-2-6-7(11(18)19)14-9(17)5(3-15)10(14)20-6/h4-5,10,15H,2-3,12H2,1H3,(H,13,16)(H,18,19)/t4-,5-,10+/m0/s1. The number of β-lactam (4-membered cyclic amide) rings is 1. The number of aliphatic hydroxyl groups is 1. The van der Waals surface area contributed by atoms with Gasteiger partial charge in [0.2, 0.25) is 11.8 Å². The van der Waals surface area contributed by atoms with Crippen LogP contribution in [0.15, 0.2) is 10.6 Å². The lowest BCUT2D eigenvalue weighted by Gasteiger charge is -2.41. The van der Waals surface area contributed by atoms with Crippen molar-refractivity contribution in [1.82, 2.24) is 10.2 Å².